The Bertz CT molecular complexity index is 781. The van der Waals surface area contributed by atoms with Gasteiger partial charge in [0.25, 0.3) is 0 Å². The molecule has 118 valence electrons. The summed E-state index contributed by atoms with van der Waals surface area (Å²) in [6.45, 7) is 7.28. The first kappa shape index (κ1) is 16.3. The van der Waals surface area contributed by atoms with Crippen molar-refractivity contribution in [2.45, 2.75) is 12.8 Å². The van der Waals surface area contributed by atoms with Gasteiger partial charge in [-0.25, -0.2) is 0 Å². The highest BCUT2D eigenvalue weighted by atomic mass is 16.6. The zero-order valence-corrected chi connectivity index (χ0v) is 12.5. The summed E-state index contributed by atoms with van der Waals surface area (Å²) in [7, 11) is 0. The predicted octanol–water partition coefficient (Wildman–Crippen LogP) is 4.13. The van der Waals surface area contributed by atoms with E-state index >= 15 is 0 Å². The van der Waals surface area contributed by atoms with Crippen molar-refractivity contribution >= 4 is 5.69 Å². The summed E-state index contributed by atoms with van der Waals surface area (Å²) in [5.41, 5.74) is 1.27. The molecule has 5 heteroatoms. The zero-order chi connectivity index (χ0) is 17.0. The third kappa shape index (κ3) is 3.08. The summed E-state index contributed by atoms with van der Waals surface area (Å²) in [4.78, 5) is 10.9. The lowest BCUT2D eigenvalue weighted by Crippen LogP contribution is -2.02. The maximum atomic E-state index is 11.5. The number of nitrogens with zero attached hydrogens (tertiary/aromatic N) is 1. The molecule has 0 saturated carbocycles. The molecule has 23 heavy (non-hydrogen) atoms. The van der Waals surface area contributed by atoms with Crippen LogP contribution >= 0.6 is 0 Å². The van der Waals surface area contributed by atoms with Crippen LogP contribution in [0.5, 0.6) is 11.5 Å². The van der Waals surface area contributed by atoms with E-state index < -0.39 is 10.7 Å². The first-order chi connectivity index (χ1) is 11.0. The molecule has 0 aliphatic carbocycles. The number of phenols is 2. The van der Waals surface area contributed by atoms with Crippen molar-refractivity contribution in [3.05, 3.63) is 76.9 Å². The number of nitro groups is 1. The Hall–Kier alpha value is -3.08. The Labute approximate surface area is 134 Å². The van der Waals surface area contributed by atoms with Crippen molar-refractivity contribution in [3.63, 3.8) is 0 Å². The fraction of sp³-hybridized carbons (Fsp3) is 0.111. The number of allylic oxidation sites excluding steroid dienone is 2. The lowest BCUT2D eigenvalue weighted by molar-refractivity contribution is -0.386. The number of phenolic OH excluding ortho intramolecular Hbond substituents is 2. The van der Waals surface area contributed by atoms with Gasteiger partial charge in [-0.3, -0.25) is 10.1 Å². The van der Waals surface area contributed by atoms with E-state index in [0.29, 0.717) is 23.1 Å². The van der Waals surface area contributed by atoms with Crippen LogP contribution in [0.2, 0.25) is 0 Å². The van der Waals surface area contributed by atoms with Crippen LogP contribution in [-0.4, -0.2) is 15.1 Å². The lowest BCUT2D eigenvalue weighted by atomic mass is 9.92. The van der Waals surface area contributed by atoms with Gasteiger partial charge in [0.2, 0.25) is 5.75 Å². The minimum atomic E-state index is -0.607. The number of benzene rings is 2. The van der Waals surface area contributed by atoms with Gasteiger partial charge in [0.15, 0.2) is 0 Å². The van der Waals surface area contributed by atoms with Crippen LogP contribution in [0.4, 0.5) is 5.69 Å². The predicted molar refractivity (Wildman–Crippen MR) is 89.7 cm³/mol. The van der Waals surface area contributed by atoms with Gasteiger partial charge in [-0.1, -0.05) is 30.4 Å². The number of nitro benzene ring substituents is 1. The summed E-state index contributed by atoms with van der Waals surface area (Å²) in [5.74, 6) is -0.515. The molecule has 5 nitrogen and oxygen atoms in total. The molecular formula is C18H17NO4. The van der Waals surface area contributed by atoms with Crippen LogP contribution in [0.3, 0.4) is 0 Å². The molecule has 0 aliphatic rings. The Balaban J connectivity index is 2.84. The smallest absolute Gasteiger partial charge is 0.315 e. The molecule has 0 bridgehead atoms. The van der Waals surface area contributed by atoms with Gasteiger partial charge in [-0.2, -0.15) is 0 Å². The average Bonchev–Trinajstić information content (AvgIpc) is 2.51. The van der Waals surface area contributed by atoms with Crippen molar-refractivity contribution < 1.29 is 15.1 Å². The van der Waals surface area contributed by atoms with Gasteiger partial charge in [-0.05, 0) is 30.5 Å². The van der Waals surface area contributed by atoms with Crippen LogP contribution in [0.15, 0.2) is 55.6 Å². The standard InChI is InChI=1S/C18H17NO4/c1-3-7-12-11-15(14-9-5-6-10-16(14)20)18(21)17(19(22)23)13(12)8-4-2/h3-6,9-11,20-21H,1-2,7-8H2. The molecule has 0 heterocycles. The maximum absolute atomic E-state index is 11.5. The largest absolute Gasteiger partial charge is 0.507 e. The van der Waals surface area contributed by atoms with Gasteiger partial charge in [0.1, 0.15) is 5.75 Å². The molecule has 0 aliphatic heterocycles. The van der Waals surface area contributed by atoms with Crippen molar-refractivity contribution in [1.82, 2.24) is 0 Å². The van der Waals surface area contributed by atoms with Crippen LogP contribution in [-0.2, 0) is 12.8 Å². The SMILES string of the molecule is C=CCc1cc(-c2ccccc2O)c(O)c([N+](=O)[O-])c1CC=C. The van der Waals surface area contributed by atoms with Gasteiger partial charge >= 0.3 is 5.69 Å². The molecular weight excluding hydrogens is 294 g/mol. The first-order valence-electron chi connectivity index (χ1n) is 7.03. The van der Waals surface area contributed by atoms with Crippen molar-refractivity contribution in [1.29, 1.82) is 0 Å². The van der Waals surface area contributed by atoms with Gasteiger partial charge in [-0.15, -0.1) is 13.2 Å². The van der Waals surface area contributed by atoms with Crippen LogP contribution in [0.1, 0.15) is 11.1 Å². The molecule has 2 rings (SSSR count). The molecule has 2 aromatic rings. The van der Waals surface area contributed by atoms with E-state index in [4.69, 9.17) is 0 Å². The summed E-state index contributed by atoms with van der Waals surface area (Å²) in [5, 5.41) is 31.9. The Morgan fingerprint density at radius 2 is 1.74 bits per heavy atom. The molecule has 0 atom stereocenters. The second kappa shape index (κ2) is 6.79. The Kier molecular flexibility index (Phi) is 4.81. The highest BCUT2D eigenvalue weighted by molar-refractivity contribution is 5.81. The molecule has 0 fully saturated rings. The first-order valence-corrected chi connectivity index (χ1v) is 7.03. The third-order valence-electron chi connectivity index (χ3n) is 3.56. The summed E-state index contributed by atoms with van der Waals surface area (Å²) in [6, 6.07) is 8.04. The van der Waals surface area contributed by atoms with Crippen molar-refractivity contribution in [2.24, 2.45) is 0 Å². The number of aromatic hydroxyl groups is 2. The van der Waals surface area contributed by atoms with Crippen LogP contribution < -0.4 is 0 Å². The molecule has 0 amide bonds. The van der Waals surface area contributed by atoms with E-state index in [1.165, 1.54) is 6.07 Å². The summed E-state index contributed by atoms with van der Waals surface area (Å²) < 4.78 is 0. The molecule has 0 saturated heterocycles. The highest BCUT2D eigenvalue weighted by Gasteiger charge is 2.26. The summed E-state index contributed by atoms with van der Waals surface area (Å²) in [6.07, 6.45) is 3.85. The number of hydrogen-bond donors (Lipinski definition) is 2. The van der Waals surface area contributed by atoms with E-state index in [-0.39, 0.29) is 23.4 Å². The zero-order valence-electron chi connectivity index (χ0n) is 12.5. The topological polar surface area (TPSA) is 83.6 Å². The molecule has 2 aromatic carbocycles. The fourth-order valence-corrected chi connectivity index (χ4v) is 2.57. The van der Waals surface area contributed by atoms with Crippen LogP contribution in [0, 0.1) is 10.1 Å². The number of rotatable bonds is 6. The van der Waals surface area contributed by atoms with E-state index in [1.807, 2.05) is 0 Å². The monoisotopic (exact) mass is 311 g/mol. The number of para-hydroxylation sites is 1. The second-order valence-corrected chi connectivity index (χ2v) is 5.02. The number of hydrogen-bond acceptors (Lipinski definition) is 4. The Morgan fingerprint density at radius 3 is 2.30 bits per heavy atom. The molecule has 0 radical (unpaired) electrons. The van der Waals surface area contributed by atoms with Gasteiger partial charge in [0, 0.05) is 16.7 Å². The quantitative estimate of drug-likeness (QED) is 0.477. The van der Waals surface area contributed by atoms with Crippen LogP contribution in [0.25, 0.3) is 11.1 Å². The normalized spacial score (nSPS) is 10.3. The van der Waals surface area contributed by atoms with E-state index in [0.717, 1.165) is 0 Å². The van der Waals surface area contributed by atoms with Crippen molar-refractivity contribution in [2.75, 3.05) is 0 Å². The van der Waals surface area contributed by atoms with E-state index in [9.17, 15) is 20.3 Å². The van der Waals surface area contributed by atoms with Gasteiger partial charge in [0.05, 0.1) is 4.92 Å². The minimum absolute atomic E-state index is 0.0573. The summed E-state index contributed by atoms with van der Waals surface area (Å²) >= 11 is 0. The van der Waals surface area contributed by atoms with Gasteiger partial charge < -0.3 is 10.2 Å². The van der Waals surface area contributed by atoms with Crippen molar-refractivity contribution in [3.8, 4) is 22.6 Å². The van der Waals surface area contributed by atoms with E-state index in [2.05, 4.69) is 13.2 Å². The molecule has 0 unspecified atom stereocenters. The maximum Gasteiger partial charge on any atom is 0.315 e. The second-order valence-electron chi connectivity index (χ2n) is 5.02. The molecule has 0 aromatic heterocycles. The molecule has 2 N–H and O–H groups in total. The minimum Gasteiger partial charge on any atom is -0.507 e. The molecule has 0 spiro atoms. The lowest BCUT2D eigenvalue weighted by Gasteiger charge is -2.14. The third-order valence-corrected chi connectivity index (χ3v) is 3.56. The van der Waals surface area contributed by atoms with E-state index in [1.54, 1.807) is 36.4 Å². The highest BCUT2D eigenvalue weighted by Crippen LogP contribution is 2.44. The Morgan fingerprint density at radius 1 is 1.09 bits per heavy atom. The average molecular weight is 311 g/mol. The fourth-order valence-electron chi connectivity index (χ4n) is 2.57.